The molecule has 1 aliphatic heterocycles. The summed E-state index contributed by atoms with van der Waals surface area (Å²) in [5.74, 6) is -0.259. The Morgan fingerprint density at radius 1 is 1.19 bits per heavy atom. The fourth-order valence-corrected chi connectivity index (χ4v) is 5.19. The number of nitrogens with one attached hydrogen (secondary N) is 1. The fraction of sp³-hybridized carbons (Fsp3) is 0.350. The van der Waals surface area contributed by atoms with Crippen molar-refractivity contribution in [2.75, 3.05) is 6.54 Å². The summed E-state index contributed by atoms with van der Waals surface area (Å²) in [5, 5.41) is 3.43. The molecule has 1 amide bonds. The molecule has 7 heteroatoms. The molecule has 5 nitrogen and oxygen atoms in total. The van der Waals surface area contributed by atoms with Gasteiger partial charge in [0.05, 0.1) is 4.90 Å². The minimum Gasteiger partial charge on any atom is -0.348 e. The summed E-state index contributed by atoms with van der Waals surface area (Å²) in [6.45, 7) is 2.84. The molecule has 144 valence electrons. The number of benzene rings is 2. The number of hydrogen-bond acceptors (Lipinski definition) is 3. The van der Waals surface area contributed by atoms with Crippen molar-refractivity contribution in [2.45, 2.75) is 43.7 Å². The van der Waals surface area contributed by atoms with Crippen molar-refractivity contribution >= 4 is 27.5 Å². The number of carbonyl (C=O) groups excluding carboxylic acids is 1. The SMILES string of the molecule is CC1CCCCN1S(=O)(=O)c1ccc(C(=O)NCc2cccc(Cl)c2)cc1. The smallest absolute Gasteiger partial charge is 0.251 e. The Labute approximate surface area is 165 Å². The van der Waals surface area contributed by atoms with E-state index in [4.69, 9.17) is 11.6 Å². The molecular formula is C20H23ClN2O3S. The molecule has 1 saturated heterocycles. The monoisotopic (exact) mass is 406 g/mol. The van der Waals surface area contributed by atoms with Gasteiger partial charge < -0.3 is 5.32 Å². The molecule has 0 bridgehead atoms. The van der Waals surface area contributed by atoms with Crippen molar-refractivity contribution in [1.29, 1.82) is 0 Å². The fourth-order valence-electron chi connectivity index (χ4n) is 3.27. The highest BCUT2D eigenvalue weighted by Gasteiger charge is 2.30. The molecule has 1 N–H and O–H groups in total. The van der Waals surface area contributed by atoms with Gasteiger partial charge in [-0.1, -0.05) is 30.2 Å². The molecule has 2 aromatic carbocycles. The number of rotatable bonds is 5. The lowest BCUT2D eigenvalue weighted by Crippen LogP contribution is -2.41. The van der Waals surface area contributed by atoms with E-state index in [1.165, 1.54) is 12.1 Å². The predicted molar refractivity (Wildman–Crippen MR) is 106 cm³/mol. The zero-order valence-corrected chi connectivity index (χ0v) is 16.8. The second-order valence-electron chi connectivity index (χ2n) is 6.80. The van der Waals surface area contributed by atoms with Crippen LogP contribution in [0.4, 0.5) is 0 Å². The van der Waals surface area contributed by atoms with Crippen LogP contribution >= 0.6 is 11.6 Å². The van der Waals surface area contributed by atoms with Gasteiger partial charge in [0.2, 0.25) is 10.0 Å². The Bertz CT molecular complexity index is 913. The number of amides is 1. The molecule has 1 heterocycles. The van der Waals surface area contributed by atoms with Crippen molar-refractivity contribution < 1.29 is 13.2 Å². The third-order valence-corrected chi connectivity index (χ3v) is 7.07. The number of nitrogens with zero attached hydrogens (tertiary/aromatic N) is 1. The zero-order chi connectivity index (χ0) is 19.4. The summed E-state index contributed by atoms with van der Waals surface area (Å²) in [5.41, 5.74) is 1.32. The molecular weight excluding hydrogens is 384 g/mol. The summed E-state index contributed by atoms with van der Waals surface area (Å²) >= 11 is 5.94. The van der Waals surface area contributed by atoms with Gasteiger partial charge in [-0.25, -0.2) is 8.42 Å². The van der Waals surface area contributed by atoms with Crippen molar-refractivity contribution in [1.82, 2.24) is 9.62 Å². The maximum atomic E-state index is 12.8. The van der Waals surface area contributed by atoms with Crippen LogP contribution in [0.15, 0.2) is 53.4 Å². The van der Waals surface area contributed by atoms with Gasteiger partial charge >= 0.3 is 0 Å². The first-order valence-corrected chi connectivity index (χ1v) is 10.8. The quantitative estimate of drug-likeness (QED) is 0.820. The van der Waals surface area contributed by atoms with Gasteiger partial charge in [0.25, 0.3) is 5.91 Å². The van der Waals surface area contributed by atoms with E-state index in [9.17, 15) is 13.2 Å². The second kappa shape index (κ2) is 8.42. The van der Waals surface area contributed by atoms with Crippen LogP contribution in [-0.4, -0.2) is 31.2 Å². The summed E-state index contributed by atoms with van der Waals surface area (Å²) < 4.78 is 27.2. The lowest BCUT2D eigenvalue weighted by molar-refractivity contribution is 0.0951. The van der Waals surface area contributed by atoms with Gasteiger partial charge in [-0.05, 0) is 61.7 Å². The summed E-state index contributed by atoms with van der Waals surface area (Å²) in [6, 6.07) is 13.4. The molecule has 1 aliphatic rings. The Balaban J connectivity index is 1.68. The van der Waals surface area contributed by atoms with Crippen LogP contribution in [0.3, 0.4) is 0 Å². The lowest BCUT2D eigenvalue weighted by Gasteiger charge is -2.32. The maximum Gasteiger partial charge on any atom is 0.251 e. The van der Waals surface area contributed by atoms with E-state index in [1.54, 1.807) is 28.6 Å². The zero-order valence-electron chi connectivity index (χ0n) is 15.2. The van der Waals surface area contributed by atoms with Crippen LogP contribution in [0.5, 0.6) is 0 Å². The number of sulfonamides is 1. The molecule has 0 radical (unpaired) electrons. The van der Waals surface area contributed by atoms with Crippen molar-refractivity contribution in [2.24, 2.45) is 0 Å². The van der Waals surface area contributed by atoms with E-state index >= 15 is 0 Å². The standard InChI is InChI=1S/C20H23ClN2O3S/c1-15-5-2-3-12-23(15)27(25,26)19-10-8-17(9-11-19)20(24)22-14-16-6-4-7-18(21)13-16/h4,6-11,13,15H,2-3,5,12,14H2,1H3,(H,22,24). The predicted octanol–water partition coefficient (Wildman–Crippen LogP) is 3.83. The number of hydrogen-bond donors (Lipinski definition) is 1. The van der Waals surface area contributed by atoms with E-state index in [-0.39, 0.29) is 16.8 Å². The van der Waals surface area contributed by atoms with Crippen molar-refractivity contribution in [3.8, 4) is 0 Å². The van der Waals surface area contributed by atoms with Crippen LogP contribution in [0.25, 0.3) is 0 Å². The van der Waals surface area contributed by atoms with Gasteiger partial charge in [-0.2, -0.15) is 4.31 Å². The molecule has 1 atom stereocenters. The Kier molecular flexibility index (Phi) is 6.19. The lowest BCUT2D eigenvalue weighted by atomic mass is 10.1. The topological polar surface area (TPSA) is 66.5 Å². The average molecular weight is 407 g/mol. The molecule has 3 rings (SSSR count). The molecule has 2 aromatic rings. The Morgan fingerprint density at radius 2 is 1.93 bits per heavy atom. The van der Waals surface area contributed by atoms with E-state index in [0.29, 0.717) is 23.7 Å². The third kappa shape index (κ3) is 4.69. The molecule has 27 heavy (non-hydrogen) atoms. The first kappa shape index (κ1) is 19.9. The maximum absolute atomic E-state index is 12.8. The third-order valence-electron chi connectivity index (χ3n) is 4.81. The minimum absolute atomic E-state index is 0.00409. The highest BCUT2D eigenvalue weighted by atomic mass is 35.5. The largest absolute Gasteiger partial charge is 0.348 e. The molecule has 0 aliphatic carbocycles. The molecule has 0 aromatic heterocycles. The highest BCUT2D eigenvalue weighted by molar-refractivity contribution is 7.89. The Morgan fingerprint density at radius 3 is 2.59 bits per heavy atom. The number of halogens is 1. The summed E-state index contributed by atoms with van der Waals surface area (Å²) in [6.07, 6.45) is 2.82. The van der Waals surface area contributed by atoms with Crippen molar-refractivity contribution in [3.63, 3.8) is 0 Å². The van der Waals surface area contributed by atoms with Crippen LogP contribution in [0.2, 0.25) is 5.02 Å². The number of piperidine rings is 1. The molecule has 0 spiro atoms. The normalized spacial score (nSPS) is 18.2. The summed E-state index contributed by atoms with van der Waals surface area (Å²) in [7, 11) is -3.53. The van der Waals surface area contributed by atoms with Gasteiger partial charge in [0.1, 0.15) is 0 Å². The number of carbonyl (C=O) groups is 1. The van der Waals surface area contributed by atoms with E-state index < -0.39 is 10.0 Å². The minimum atomic E-state index is -3.53. The van der Waals surface area contributed by atoms with Gasteiger partial charge in [0, 0.05) is 29.7 Å². The van der Waals surface area contributed by atoms with E-state index in [2.05, 4.69) is 5.32 Å². The van der Waals surface area contributed by atoms with Crippen molar-refractivity contribution in [3.05, 3.63) is 64.7 Å². The van der Waals surface area contributed by atoms with Crippen LogP contribution in [0.1, 0.15) is 42.1 Å². The van der Waals surface area contributed by atoms with Crippen LogP contribution < -0.4 is 5.32 Å². The second-order valence-corrected chi connectivity index (χ2v) is 9.12. The highest BCUT2D eigenvalue weighted by Crippen LogP contribution is 2.25. The molecule has 1 fully saturated rings. The van der Waals surface area contributed by atoms with Crippen LogP contribution in [0, 0.1) is 0 Å². The van der Waals surface area contributed by atoms with E-state index in [1.807, 2.05) is 19.1 Å². The van der Waals surface area contributed by atoms with Gasteiger partial charge in [-0.15, -0.1) is 0 Å². The van der Waals surface area contributed by atoms with Gasteiger partial charge in [0.15, 0.2) is 0 Å². The van der Waals surface area contributed by atoms with E-state index in [0.717, 1.165) is 24.8 Å². The average Bonchev–Trinajstić information content (AvgIpc) is 2.66. The first-order valence-electron chi connectivity index (χ1n) is 9.02. The Hall–Kier alpha value is -1.89. The molecule has 1 unspecified atom stereocenters. The van der Waals surface area contributed by atoms with Gasteiger partial charge in [-0.3, -0.25) is 4.79 Å². The van der Waals surface area contributed by atoms with Crippen LogP contribution in [-0.2, 0) is 16.6 Å². The molecule has 0 saturated carbocycles. The first-order chi connectivity index (χ1) is 12.9. The summed E-state index contributed by atoms with van der Waals surface area (Å²) in [4.78, 5) is 12.5.